The van der Waals surface area contributed by atoms with Crippen LogP contribution >= 0.6 is 0 Å². The first-order valence-electron chi connectivity index (χ1n) is 12.0. The van der Waals surface area contributed by atoms with E-state index in [2.05, 4.69) is 41.3 Å². The van der Waals surface area contributed by atoms with Crippen LogP contribution in [0.15, 0.2) is 42.5 Å². The molecule has 0 spiro atoms. The van der Waals surface area contributed by atoms with Crippen LogP contribution in [0.5, 0.6) is 11.5 Å². The Kier molecular flexibility index (Phi) is 7.94. The van der Waals surface area contributed by atoms with Gasteiger partial charge in [0, 0.05) is 19.6 Å². The molecule has 2 heterocycles. The van der Waals surface area contributed by atoms with Gasteiger partial charge in [-0.25, -0.2) is 12.7 Å². The maximum Gasteiger partial charge on any atom is 0.211 e. The maximum absolute atomic E-state index is 11.9. The Hall–Kier alpha value is -2.09. The first-order valence-corrected chi connectivity index (χ1v) is 13.8. The van der Waals surface area contributed by atoms with Crippen molar-refractivity contribution in [2.45, 2.75) is 38.0 Å². The molecule has 0 saturated carbocycles. The molecule has 0 N–H and O–H groups in total. The third kappa shape index (κ3) is 6.49. The predicted octanol–water partition coefficient (Wildman–Crippen LogP) is 3.70. The van der Waals surface area contributed by atoms with E-state index >= 15 is 0 Å². The molecule has 1 fully saturated rings. The van der Waals surface area contributed by atoms with Crippen LogP contribution in [0, 0.1) is 0 Å². The fourth-order valence-corrected chi connectivity index (χ4v) is 5.79. The Bertz CT molecular complexity index is 1020. The number of fused-ring (bicyclic) bond motifs is 1. The van der Waals surface area contributed by atoms with Crippen LogP contribution < -0.4 is 9.47 Å². The Morgan fingerprint density at radius 3 is 2.24 bits per heavy atom. The summed E-state index contributed by atoms with van der Waals surface area (Å²) in [6.45, 7) is 5.12. The topological polar surface area (TPSA) is 59.1 Å². The number of hydrogen-bond donors (Lipinski definition) is 0. The van der Waals surface area contributed by atoms with E-state index in [1.54, 1.807) is 11.4 Å². The highest BCUT2D eigenvalue weighted by atomic mass is 32.2. The second kappa shape index (κ2) is 10.9. The lowest BCUT2D eigenvalue weighted by Crippen LogP contribution is -2.34. The maximum atomic E-state index is 11.9. The van der Waals surface area contributed by atoms with Gasteiger partial charge in [-0.2, -0.15) is 0 Å². The fourth-order valence-electron chi connectivity index (χ4n) is 4.95. The number of nitrogens with zero attached hydrogens (tertiary/aromatic N) is 2. The van der Waals surface area contributed by atoms with Crippen molar-refractivity contribution in [1.29, 1.82) is 0 Å². The highest BCUT2D eigenvalue weighted by Crippen LogP contribution is 2.29. The molecular weight excluding hydrogens is 436 g/mol. The number of hydrogen-bond acceptors (Lipinski definition) is 5. The van der Waals surface area contributed by atoms with Gasteiger partial charge in [0.15, 0.2) is 0 Å². The molecule has 0 amide bonds. The molecular formula is C26H36N2O4S. The molecule has 180 valence electrons. The molecule has 1 saturated heterocycles. The van der Waals surface area contributed by atoms with Gasteiger partial charge in [0.2, 0.25) is 10.0 Å². The minimum absolute atomic E-state index is 0.543. The minimum atomic E-state index is -3.14. The second-order valence-electron chi connectivity index (χ2n) is 9.18. The van der Waals surface area contributed by atoms with E-state index in [0.29, 0.717) is 25.6 Å². The molecule has 0 aliphatic carbocycles. The summed E-state index contributed by atoms with van der Waals surface area (Å²) in [5.74, 6) is 2.45. The first-order chi connectivity index (χ1) is 15.9. The van der Waals surface area contributed by atoms with Gasteiger partial charge in [-0.3, -0.25) is 0 Å². The summed E-state index contributed by atoms with van der Waals surface area (Å²) < 4.78 is 36.6. The van der Waals surface area contributed by atoms with Crippen molar-refractivity contribution in [3.63, 3.8) is 0 Å². The van der Waals surface area contributed by atoms with Crippen molar-refractivity contribution in [2.24, 2.45) is 0 Å². The van der Waals surface area contributed by atoms with Gasteiger partial charge in [-0.05, 0) is 92.1 Å². The minimum Gasteiger partial charge on any atom is -0.497 e. The molecule has 4 rings (SSSR count). The molecule has 6 nitrogen and oxygen atoms in total. The molecule has 0 aromatic heterocycles. The number of benzene rings is 2. The van der Waals surface area contributed by atoms with Crippen molar-refractivity contribution >= 4 is 10.0 Å². The van der Waals surface area contributed by atoms with Crippen LogP contribution in [0.1, 0.15) is 41.9 Å². The summed E-state index contributed by atoms with van der Waals surface area (Å²) in [5, 5.41) is 0. The molecule has 2 aromatic carbocycles. The lowest BCUT2D eigenvalue weighted by Gasteiger charge is -2.32. The zero-order valence-corrected chi connectivity index (χ0v) is 20.6. The zero-order valence-electron chi connectivity index (χ0n) is 19.8. The lowest BCUT2D eigenvalue weighted by atomic mass is 9.89. The van der Waals surface area contributed by atoms with Crippen LogP contribution in [-0.4, -0.2) is 70.3 Å². The van der Waals surface area contributed by atoms with E-state index in [0.717, 1.165) is 50.4 Å². The molecule has 0 unspecified atom stereocenters. The molecule has 2 aliphatic heterocycles. The van der Waals surface area contributed by atoms with Crippen molar-refractivity contribution < 1.29 is 17.9 Å². The Morgan fingerprint density at radius 2 is 1.58 bits per heavy atom. The highest BCUT2D eigenvalue weighted by Gasteiger charge is 2.22. The molecule has 7 heteroatoms. The smallest absolute Gasteiger partial charge is 0.211 e. The summed E-state index contributed by atoms with van der Waals surface area (Å²) >= 11 is 0. The number of rotatable bonds is 8. The highest BCUT2D eigenvalue weighted by molar-refractivity contribution is 7.88. The molecule has 2 aliphatic rings. The number of ether oxygens (including phenoxy) is 2. The van der Waals surface area contributed by atoms with Crippen LogP contribution in [0.4, 0.5) is 0 Å². The normalized spacial score (nSPS) is 18.5. The van der Waals surface area contributed by atoms with Crippen LogP contribution in [0.2, 0.25) is 0 Å². The van der Waals surface area contributed by atoms with E-state index in [1.165, 1.54) is 35.8 Å². The Balaban J connectivity index is 1.18. The van der Waals surface area contributed by atoms with Gasteiger partial charge in [-0.1, -0.05) is 18.2 Å². The molecule has 2 aromatic rings. The van der Waals surface area contributed by atoms with Gasteiger partial charge in [-0.15, -0.1) is 0 Å². The van der Waals surface area contributed by atoms with E-state index in [9.17, 15) is 8.42 Å². The Labute approximate surface area is 198 Å². The summed E-state index contributed by atoms with van der Waals surface area (Å²) in [4.78, 5) is 2.54. The average molecular weight is 473 g/mol. The number of piperidine rings is 1. The summed E-state index contributed by atoms with van der Waals surface area (Å²) in [7, 11) is -1.43. The van der Waals surface area contributed by atoms with Gasteiger partial charge in [0.1, 0.15) is 11.5 Å². The van der Waals surface area contributed by atoms with Gasteiger partial charge in [0.25, 0.3) is 0 Å². The standard InChI is InChI=1S/C26H36N2O4S/c1-31-25-7-4-21(5-8-25)23-10-15-27(16-11-23)14-3-19-32-26-9-6-22-12-17-28(33(2,29)30)18-13-24(22)20-26/h4-9,20,23H,3,10-19H2,1-2H3. The number of methoxy groups -OCH3 is 1. The van der Waals surface area contributed by atoms with E-state index < -0.39 is 10.0 Å². The van der Waals surface area contributed by atoms with Crippen LogP contribution in [-0.2, 0) is 22.9 Å². The fraction of sp³-hybridized carbons (Fsp3) is 0.538. The quantitative estimate of drug-likeness (QED) is 0.549. The molecule has 33 heavy (non-hydrogen) atoms. The van der Waals surface area contributed by atoms with E-state index in [4.69, 9.17) is 9.47 Å². The van der Waals surface area contributed by atoms with Crippen LogP contribution in [0.25, 0.3) is 0 Å². The molecule has 0 atom stereocenters. The van der Waals surface area contributed by atoms with Crippen molar-refractivity contribution in [1.82, 2.24) is 9.21 Å². The Morgan fingerprint density at radius 1 is 0.909 bits per heavy atom. The van der Waals surface area contributed by atoms with Crippen molar-refractivity contribution in [2.75, 3.05) is 52.7 Å². The monoisotopic (exact) mass is 472 g/mol. The first kappa shape index (κ1) is 24.0. The molecule has 0 radical (unpaired) electrons. The van der Waals surface area contributed by atoms with Crippen LogP contribution in [0.3, 0.4) is 0 Å². The number of sulfonamides is 1. The van der Waals surface area contributed by atoms with Gasteiger partial charge in [0.05, 0.1) is 20.0 Å². The molecule has 0 bridgehead atoms. The third-order valence-corrected chi connectivity index (χ3v) is 8.27. The average Bonchev–Trinajstić information content (AvgIpc) is 3.05. The van der Waals surface area contributed by atoms with Gasteiger partial charge >= 0.3 is 0 Å². The van der Waals surface area contributed by atoms with Crippen molar-refractivity contribution in [3.05, 3.63) is 59.2 Å². The summed E-state index contributed by atoms with van der Waals surface area (Å²) in [5.41, 5.74) is 3.86. The zero-order chi connectivity index (χ0) is 23.3. The largest absolute Gasteiger partial charge is 0.497 e. The summed E-state index contributed by atoms with van der Waals surface area (Å²) in [6, 6.07) is 14.7. The van der Waals surface area contributed by atoms with E-state index in [1.807, 2.05) is 6.07 Å². The van der Waals surface area contributed by atoms with E-state index in [-0.39, 0.29) is 0 Å². The van der Waals surface area contributed by atoms with Crippen molar-refractivity contribution in [3.8, 4) is 11.5 Å². The second-order valence-corrected chi connectivity index (χ2v) is 11.2. The third-order valence-electron chi connectivity index (χ3n) is 6.97. The summed E-state index contributed by atoms with van der Waals surface area (Å²) in [6.07, 6.45) is 6.19. The number of likely N-dealkylation sites (tertiary alicyclic amines) is 1. The SMILES string of the molecule is COc1ccc(C2CCN(CCCOc3ccc4c(c3)CCN(S(C)(=O)=O)CC4)CC2)cc1. The lowest BCUT2D eigenvalue weighted by molar-refractivity contribution is 0.193. The predicted molar refractivity (Wildman–Crippen MR) is 132 cm³/mol. The van der Waals surface area contributed by atoms with Gasteiger partial charge < -0.3 is 14.4 Å².